The van der Waals surface area contributed by atoms with Crippen molar-refractivity contribution in [2.45, 2.75) is 51.6 Å². The molecule has 3 aromatic rings. The molecule has 41 heavy (non-hydrogen) atoms. The molecule has 1 unspecified atom stereocenters. The summed E-state index contributed by atoms with van der Waals surface area (Å²) >= 11 is 0. The van der Waals surface area contributed by atoms with Crippen LogP contribution in [-0.4, -0.2) is 55.0 Å². The van der Waals surface area contributed by atoms with Crippen LogP contribution in [0, 0.1) is 5.92 Å². The number of aromatic nitrogens is 1. The highest BCUT2D eigenvalue weighted by Gasteiger charge is 2.32. The van der Waals surface area contributed by atoms with Crippen molar-refractivity contribution in [3.05, 3.63) is 90.3 Å². The monoisotopic (exact) mass is 552 g/mol. The topological polar surface area (TPSA) is 89.9 Å². The summed E-state index contributed by atoms with van der Waals surface area (Å²) in [5.74, 6) is 0.359. The average Bonchev–Trinajstić information content (AvgIpc) is 3.12. The van der Waals surface area contributed by atoms with Crippen LogP contribution in [-0.2, 0) is 11.2 Å². The summed E-state index contributed by atoms with van der Waals surface area (Å²) in [4.78, 5) is 39.8. The quantitative estimate of drug-likeness (QED) is 0.362. The molecule has 2 aliphatic rings. The molecule has 214 valence electrons. The Labute approximate surface area is 242 Å². The number of benzodiazepines with no additional fused rings is 1. The number of carbonyl (C=O) groups excluding carboxylic acids is 2. The van der Waals surface area contributed by atoms with Gasteiger partial charge in [0.15, 0.2) is 0 Å². The summed E-state index contributed by atoms with van der Waals surface area (Å²) in [7, 11) is 0. The number of hydrogen-bond acceptors (Lipinski definition) is 5. The van der Waals surface area contributed by atoms with Crippen LogP contribution >= 0.6 is 0 Å². The van der Waals surface area contributed by atoms with Gasteiger partial charge in [0.25, 0.3) is 5.91 Å². The lowest BCUT2D eigenvalue weighted by atomic mass is 9.93. The number of nitrogens with one attached hydrogen (secondary N) is 2. The molecule has 0 bridgehead atoms. The number of rotatable bonds is 10. The van der Waals surface area contributed by atoms with E-state index in [1.165, 1.54) is 11.3 Å². The molecular formula is C33H40N6O2. The van der Waals surface area contributed by atoms with E-state index in [4.69, 9.17) is 4.99 Å². The minimum Gasteiger partial charge on any atom is -0.371 e. The first-order chi connectivity index (χ1) is 20.1. The number of carbonyl (C=O) groups is 2. The van der Waals surface area contributed by atoms with Crippen LogP contribution in [0.3, 0.4) is 0 Å². The fourth-order valence-corrected chi connectivity index (χ4v) is 5.75. The van der Waals surface area contributed by atoms with Crippen molar-refractivity contribution in [1.82, 2.24) is 15.6 Å². The minimum atomic E-state index is -0.969. The van der Waals surface area contributed by atoms with Gasteiger partial charge in [-0.3, -0.25) is 14.8 Å². The maximum absolute atomic E-state index is 13.7. The van der Waals surface area contributed by atoms with Crippen molar-refractivity contribution in [3.63, 3.8) is 0 Å². The van der Waals surface area contributed by atoms with Crippen molar-refractivity contribution >= 4 is 29.0 Å². The lowest BCUT2D eigenvalue weighted by Gasteiger charge is -2.33. The number of piperidine rings is 1. The first-order valence-corrected chi connectivity index (χ1v) is 14.8. The summed E-state index contributed by atoms with van der Waals surface area (Å²) in [6.45, 7) is 5.19. The SMILES string of the molecule is CCCN1C(=O)C(NC(=O)NCCC2CCN(c3ccncc3)CC2)N=C(CCc2ccccc2)c2ccccc21. The van der Waals surface area contributed by atoms with Gasteiger partial charge in [-0.25, -0.2) is 4.79 Å². The van der Waals surface area contributed by atoms with Crippen LogP contribution in [0.5, 0.6) is 0 Å². The second kappa shape index (κ2) is 13.9. The zero-order valence-corrected chi connectivity index (χ0v) is 23.8. The van der Waals surface area contributed by atoms with Crippen LogP contribution < -0.4 is 20.4 Å². The number of para-hydroxylation sites is 1. The second-order valence-corrected chi connectivity index (χ2v) is 10.8. The Morgan fingerprint density at radius 3 is 2.44 bits per heavy atom. The van der Waals surface area contributed by atoms with Gasteiger partial charge in [-0.1, -0.05) is 55.5 Å². The summed E-state index contributed by atoms with van der Waals surface area (Å²) in [5, 5.41) is 5.87. The lowest BCUT2D eigenvalue weighted by Crippen LogP contribution is -2.50. The number of benzene rings is 2. The number of amides is 3. The van der Waals surface area contributed by atoms with Gasteiger partial charge in [0.1, 0.15) is 0 Å². The van der Waals surface area contributed by atoms with Crippen molar-refractivity contribution in [1.29, 1.82) is 0 Å². The number of anilines is 2. The highest BCUT2D eigenvalue weighted by molar-refractivity contribution is 6.13. The number of aliphatic imine (C=N–C) groups is 1. The highest BCUT2D eigenvalue weighted by Crippen LogP contribution is 2.28. The molecule has 2 N–H and O–H groups in total. The van der Waals surface area contributed by atoms with E-state index < -0.39 is 6.17 Å². The summed E-state index contributed by atoms with van der Waals surface area (Å²) in [6, 6.07) is 22.0. The number of nitrogens with zero attached hydrogens (tertiary/aromatic N) is 4. The molecular weight excluding hydrogens is 512 g/mol. The van der Waals surface area contributed by atoms with Crippen LogP contribution in [0.2, 0.25) is 0 Å². The number of aryl methyl sites for hydroxylation is 1. The maximum atomic E-state index is 13.7. The van der Waals surface area contributed by atoms with Crippen LogP contribution in [0.4, 0.5) is 16.2 Å². The van der Waals surface area contributed by atoms with Crippen molar-refractivity contribution in [3.8, 4) is 0 Å². The third kappa shape index (κ3) is 7.31. The molecule has 2 aromatic carbocycles. The lowest BCUT2D eigenvalue weighted by molar-refractivity contribution is -0.120. The largest absolute Gasteiger partial charge is 0.371 e. The zero-order chi connectivity index (χ0) is 28.4. The molecule has 0 spiro atoms. The molecule has 1 saturated heterocycles. The normalized spacial score (nSPS) is 17.4. The first kappa shape index (κ1) is 28.3. The Morgan fingerprint density at radius 1 is 0.951 bits per heavy atom. The van der Waals surface area contributed by atoms with E-state index in [0.29, 0.717) is 25.4 Å². The standard InChI is InChI=1S/C33H40N6O2/c1-2-22-39-30-11-7-6-10-28(30)29(13-12-25-8-4-3-5-9-25)36-31(32(39)40)37-33(41)35-21-14-26-17-23-38(24-18-26)27-15-19-34-20-16-27/h3-11,15-16,19-20,26,31H,2,12-14,17-18,21-24H2,1H3,(H2,35,37,41). The van der Waals surface area contributed by atoms with Crippen LogP contribution in [0.1, 0.15) is 50.2 Å². The fraction of sp³-hybridized carbons (Fsp3) is 0.394. The predicted octanol–water partition coefficient (Wildman–Crippen LogP) is 5.19. The predicted molar refractivity (Wildman–Crippen MR) is 164 cm³/mol. The smallest absolute Gasteiger partial charge is 0.316 e. The van der Waals surface area contributed by atoms with Gasteiger partial charge in [-0.15, -0.1) is 0 Å². The first-order valence-electron chi connectivity index (χ1n) is 14.8. The van der Waals surface area contributed by atoms with Gasteiger partial charge in [0, 0.05) is 55.5 Å². The molecule has 8 nitrogen and oxygen atoms in total. The van der Waals surface area contributed by atoms with Crippen LogP contribution in [0.25, 0.3) is 0 Å². The molecule has 3 heterocycles. The molecule has 1 aromatic heterocycles. The number of fused-ring (bicyclic) bond motifs is 1. The molecule has 0 radical (unpaired) electrons. The van der Waals surface area contributed by atoms with Crippen molar-refractivity contribution in [2.24, 2.45) is 10.9 Å². The van der Waals surface area contributed by atoms with Gasteiger partial charge in [-0.05, 0) is 68.2 Å². The summed E-state index contributed by atoms with van der Waals surface area (Å²) in [5.41, 5.74) is 5.07. The van der Waals surface area contributed by atoms with E-state index in [1.807, 2.05) is 54.9 Å². The van der Waals surface area contributed by atoms with Gasteiger partial charge in [-0.2, -0.15) is 0 Å². The average molecular weight is 553 g/mol. The molecule has 2 aliphatic heterocycles. The van der Waals surface area contributed by atoms with Crippen molar-refractivity contribution < 1.29 is 9.59 Å². The number of pyridine rings is 1. The van der Waals surface area contributed by atoms with Gasteiger partial charge < -0.3 is 20.4 Å². The Balaban J connectivity index is 1.21. The molecule has 5 rings (SSSR count). The third-order valence-electron chi connectivity index (χ3n) is 7.98. The maximum Gasteiger partial charge on any atom is 0.316 e. The van der Waals surface area contributed by atoms with E-state index in [2.05, 4.69) is 51.7 Å². The van der Waals surface area contributed by atoms with E-state index in [1.54, 1.807) is 4.90 Å². The Hall–Kier alpha value is -4.20. The zero-order valence-electron chi connectivity index (χ0n) is 23.8. The number of hydrogen-bond donors (Lipinski definition) is 2. The van der Waals surface area contributed by atoms with E-state index >= 15 is 0 Å². The third-order valence-corrected chi connectivity index (χ3v) is 7.98. The molecule has 8 heteroatoms. The molecule has 3 amide bonds. The van der Waals surface area contributed by atoms with Crippen LogP contribution in [0.15, 0.2) is 84.1 Å². The van der Waals surface area contributed by atoms with E-state index in [-0.39, 0.29) is 11.9 Å². The van der Waals surface area contributed by atoms with Gasteiger partial charge >= 0.3 is 6.03 Å². The van der Waals surface area contributed by atoms with Gasteiger partial charge in [0.05, 0.1) is 5.69 Å². The van der Waals surface area contributed by atoms with Gasteiger partial charge in [0.2, 0.25) is 6.17 Å². The molecule has 1 fully saturated rings. The number of urea groups is 1. The summed E-state index contributed by atoms with van der Waals surface area (Å²) in [6.07, 6.45) is 8.06. The minimum absolute atomic E-state index is 0.201. The Kier molecular flexibility index (Phi) is 9.62. The molecule has 1 atom stereocenters. The summed E-state index contributed by atoms with van der Waals surface area (Å²) < 4.78 is 0. The van der Waals surface area contributed by atoms with Crippen molar-refractivity contribution in [2.75, 3.05) is 36.0 Å². The van der Waals surface area contributed by atoms with E-state index in [0.717, 1.165) is 62.2 Å². The molecule has 0 aliphatic carbocycles. The van der Waals surface area contributed by atoms with E-state index in [9.17, 15) is 9.59 Å². The Morgan fingerprint density at radius 2 is 1.68 bits per heavy atom. The second-order valence-electron chi connectivity index (χ2n) is 10.8. The fourth-order valence-electron chi connectivity index (χ4n) is 5.75. The molecule has 0 saturated carbocycles. The highest BCUT2D eigenvalue weighted by atomic mass is 16.2. The Bertz CT molecular complexity index is 1320.